The molecule has 1 aliphatic rings. The Bertz CT molecular complexity index is 495. The molecule has 5 heteroatoms. The Kier molecular flexibility index (Phi) is 5.27. The maximum atomic E-state index is 13.7. The first kappa shape index (κ1) is 15.6. The highest BCUT2D eigenvalue weighted by atomic mass is 32.2. The summed E-state index contributed by atoms with van der Waals surface area (Å²) in [5, 5.41) is 3.33. The predicted octanol–water partition coefficient (Wildman–Crippen LogP) is 3.24. The zero-order valence-electron chi connectivity index (χ0n) is 11.9. The van der Waals surface area contributed by atoms with E-state index in [1.165, 1.54) is 0 Å². The van der Waals surface area contributed by atoms with Crippen LogP contribution in [0.3, 0.4) is 0 Å². The normalized spacial score (nSPS) is 27.7. The molecule has 20 heavy (non-hydrogen) atoms. The first-order valence-electron chi connectivity index (χ1n) is 7.13. The van der Waals surface area contributed by atoms with Gasteiger partial charge in [0.25, 0.3) is 0 Å². The zero-order valence-corrected chi connectivity index (χ0v) is 12.7. The Balaban J connectivity index is 2.12. The SMILES string of the molecule is CCCNC1CCC(S(=O)c2cc(F)ccc2F)C1C. The van der Waals surface area contributed by atoms with Crippen LogP contribution in [0.15, 0.2) is 23.1 Å². The summed E-state index contributed by atoms with van der Waals surface area (Å²) in [5.74, 6) is -0.923. The van der Waals surface area contributed by atoms with Crippen molar-refractivity contribution < 1.29 is 13.0 Å². The van der Waals surface area contributed by atoms with Crippen molar-refractivity contribution in [3.63, 3.8) is 0 Å². The number of hydrogen-bond acceptors (Lipinski definition) is 2. The molecule has 1 aromatic carbocycles. The molecule has 0 spiro atoms. The van der Waals surface area contributed by atoms with Crippen molar-refractivity contribution in [3.05, 3.63) is 29.8 Å². The molecule has 0 radical (unpaired) electrons. The summed E-state index contributed by atoms with van der Waals surface area (Å²) in [6, 6.07) is 3.49. The highest BCUT2D eigenvalue weighted by Gasteiger charge is 2.37. The van der Waals surface area contributed by atoms with E-state index in [1.807, 2.05) is 6.92 Å². The smallest absolute Gasteiger partial charge is 0.139 e. The monoisotopic (exact) mass is 301 g/mol. The van der Waals surface area contributed by atoms with Gasteiger partial charge >= 0.3 is 0 Å². The zero-order chi connectivity index (χ0) is 14.7. The fourth-order valence-corrected chi connectivity index (χ4v) is 4.59. The maximum absolute atomic E-state index is 13.7. The van der Waals surface area contributed by atoms with Crippen LogP contribution in [-0.4, -0.2) is 22.0 Å². The molecule has 0 aliphatic heterocycles. The standard InChI is InChI=1S/C15H21F2NOS/c1-3-8-18-13-6-7-14(10(13)2)20(19)15-9-11(16)4-5-12(15)17/h4-5,9-10,13-14,18H,3,6-8H2,1-2H3. The third-order valence-corrected chi connectivity index (χ3v) is 5.99. The molecule has 1 aromatic rings. The van der Waals surface area contributed by atoms with Crippen molar-refractivity contribution in [2.45, 2.75) is 49.3 Å². The number of rotatable bonds is 5. The molecule has 1 N–H and O–H groups in total. The van der Waals surface area contributed by atoms with Crippen LogP contribution in [0.4, 0.5) is 8.78 Å². The lowest BCUT2D eigenvalue weighted by molar-refractivity contribution is 0.429. The predicted molar refractivity (Wildman–Crippen MR) is 77.0 cm³/mol. The molecular weight excluding hydrogens is 280 g/mol. The molecular formula is C15H21F2NOS. The van der Waals surface area contributed by atoms with Gasteiger partial charge in [0.1, 0.15) is 11.6 Å². The molecule has 0 amide bonds. The van der Waals surface area contributed by atoms with E-state index in [2.05, 4.69) is 12.2 Å². The summed E-state index contributed by atoms with van der Waals surface area (Å²) >= 11 is 0. The Morgan fingerprint density at radius 3 is 2.80 bits per heavy atom. The van der Waals surface area contributed by atoms with E-state index in [9.17, 15) is 13.0 Å². The second-order valence-corrected chi connectivity index (χ2v) is 7.05. The topological polar surface area (TPSA) is 29.1 Å². The van der Waals surface area contributed by atoms with Gasteiger partial charge in [0.05, 0.1) is 15.7 Å². The summed E-state index contributed by atoms with van der Waals surface area (Å²) in [7, 11) is -1.49. The van der Waals surface area contributed by atoms with Crippen molar-refractivity contribution in [2.24, 2.45) is 5.92 Å². The van der Waals surface area contributed by atoms with Crippen molar-refractivity contribution in [3.8, 4) is 0 Å². The van der Waals surface area contributed by atoms with Gasteiger partial charge in [-0.1, -0.05) is 13.8 Å². The molecule has 0 bridgehead atoms. The minimum atomic E-state index is -1.49. The van der Waals surface area contributed by atoms with Crippen LogP contribution < -0.4 is 5.32 Å². The lowest BCUT2D eigenvalue weighted by Crippen LogP contribution is -2.35. The highest BCUT2D eigenvalue weighted by molar-refractivity contribution is 7.85. The molecule has 2 rings (SSSR count). The summed E-state index contributed by atoms with van der Waals surface area (Å²) in [5.41, 5.74) is 0. The fraction of sp³-hybridized carbons (Fsp3) is 0.600. The quantitative estimate of drug-likeness (QED) is 0.904. The van der Waals surface area contributed by atoms with Crippen LogP contribution in [0.2, 0.25) is 0 Å². The minimum Gasteiger partial charge on any atom is -0.314 e. The molecule has 1 aliphatic carbocycles. The second-order valence-electron chi connectivity index (χ2n) is 5.41. The van der Waals surface area contributed by atoms with Gasteiger partial charge in [0.2, 0.25) is 0 Å². The van der Waals surface area contributed by atoms with Crippen LogP contribution in [0.1, 0.15) is 33.1 Å². The van der Waals surface area contributed by atoms with E-state index in [-0.39, 0.29) is 16.1 Å². The first-order chi connectivity index (χ1) is 9.54. The first-order valence-corrected chi connectivity index (χ1v) is 8.35. The minimum absolute atomic E-state index is 0.00186. The van der Waals surface area contributed by atoms with E-state index in [0.29, 0.717) is 6.04 Å². The van der Waals surface area contributed by atoms with Gasteiger partial charge in [0, 0.05) is 11.3 Å². The van der Waals surface area contributed by atoms with Gasteiger partial charge in [-0.3, -0.25) is 4.21 Å². The van der Waals surface area contributed by atoms with Gasteiger partial charge in [-0.25, -0.2) is 8.78 Å². The molecule has 0 heterocycles. The largest absolute Gasteiger partial charge is 0.314 e. The third-order valence-electron chi connectivity index (χ3n) is 4.02. The van der Waals surface area contributed by atoms with E-state index < -0.39 is 22.4 Å². The van der Waals surface area contributed by atoms with Gasteiger partial charge < -0.3 is 5.32 Å². The van der Waals surface area contributed by atoms with E-state index >= 15 is 0 Å². The van der Waals surface area contributed by atoms with Gasteiger partial charge in [-0.15, -0.1) is 0 Å². The Morgan fingerprint density at radius 1 is 1.35 bits per heavy atom. The number of benzene rings is 1. The summed E-state index contributed by atoms with van der Waals surface area (Å²) in [6.45, 7) is 5.08. The van der Waals surface area contributed by atoms with E-state index in [0.717, 1.165) is 44.0 Å². The van der Waals surface area contributed by atoms with Crippen molar-refractivity contribution in [2.75, 3.05) is 6.54 Å². The van der Waals surface area contributed by atoms with Crippen molar-refractivity contribution in [1.29, 1.82) is 0 Å². The third kappa shape index (κ3) is 3.26. The average Bonchev–Trinajstić information content (AvgIpc) is 2.79. The molecule has 4 unspecified atom stereocenters. The van der Waals surface area contributed by atoms with E-state index in [4.69, 9.17) is 0 Å². The lowest BCUT2D eigenvalue weighted by Gasteiger charge is -2.21. The summed E-state index contributed by atoms with van der Waals surface area (Å²) in [6.07, 6.45) is 2.77. The highest BCUT2D eigenvalue weighted by Crippen LogP contribution is 2.33. The van der Waals surface area contributed by atoms with Crippen LogP contribution in [-0.2, 0) is 10.8 Å². The van der Waals surface area contributed by atoms with Gasteiger partial charge in [-0.2, -0.15) is 0 Å². The fourth-order valence-electron chi connectivity index (χ4n) is 2.84. The number of halogens is 2. The molecule has 1 fully saturated rings. The molecule has 1 saturated carbocycles. The van der Waals surface area contributed by atoms with E-state index in [1.54, 1.807) is 0 Å². The molecule has 2 nitrogen and oxygen atoms in total. The number of hydrogen-bond donors (Lipinski definition) is 1. The molecule has 0 saturated heterocycles. The summed E-state index contributed by atoms with van der Waals surface area (Å²) < 4.78 is 39.5. The lowest BCUT2D eigenvalue weighted by atomic mass is 10.1. The molecule has 4 atom stereocenters. The summed E-state index contributed by atoms with van der Waals surface area (Å²) in [4.78, 5) is -0.00186. The van der Waals surface area contributed by atoms with Crippen LogP contribution in [0.25, 0.3) is 0 Å². The van der Waals surface area contributed by atoms with Gasteiger partial charge in [0.15, 0.2) is 0 Å². The van der Waals surface area contributed by atoms with Crippen molar-refractivity contribution >= 4 is 10.8 Å². The van der Waals surface area contributed by atoms with Crippen LogP contribution >= 0.6 is 0 Å². The Hall–Kier alpha value is -0.810. The molecule has 112 valence electrons. The van der Waals surface area contributed by atoms with Gasteiger partial charge in [-0.05, 0) is 49.9 Å². The maximum Gasteiger partial charge on any atom is 0.139 e. The molecule has 0 aromatic heterocycles. The number of nitrogens with one attached hydrogen (secondary N) is 1. The van der Waals surface area contributed by atoms with Crippen LogP contribution in [0.5, 0.6) is 0 Å². The average molecular weight is 301 g/mol. The van der Waals surface area contributed by atoms with Crippen molar-refractivity contribution in [1.82, 2.24) is 5.32 Å². The second kappa shape index (κ2) is 6.76. The Labute approximate surface area is 121 Å². The Morgan fingerprint density at radius 2 is 2.10 bits per heavy atom. The van der Waals surface area contributed by atoms with Crippen LogP contribution in [0, 0.1) is 17.6 Å².